The van der Waals surface area contributed by atoms with Crippen LogP contribution in [0.4, 0.5) is 4.39 Å². The molecule has 0 aliphatic heterocycles. The number of halogens is 1. The van der Waals surface area contributed by atoms with Crippen LogP contribution in [0.2, 0.25) is 0 Å². The first-order valence-corrected chi connectivity index (χ1v) is 41.0. The second-order valence-corrected chi connectivity index (χ2v) is 28.4. The van der Waals surface area contributed by atoms with E-state index in [9.17, 15) is 28.4 Å². The molecule has 0 saturated heterocycles. The Morgan fingerprint density at radius 1 is 0.281 bits per heavy atom. The van der Waals surface area contributed by atoms with Crippen LogP contribution in [0.3, 0.4) is 0 Å². The van der Waals surface area contributed by atoms with Gasteiger partial charge in [0.15, 0.2) is 51.9 Å². The summed E-state index contributed by atoms with van der Waals surface area (Å²) in [6, 6.07) is 40.7. The van der Waals surface area contributed by atoms with E-state index < -0.39 is 5.82 Å². The average molecular weight is 1710 g/mol. The lowest BCUT2D eigenvalue weighted by Crippen LogP contribution is -2.09. The number of rotatable bonds is 31. The first-order chi connectivity index (χ1) is 62.1. The Kier molecular flexibility index (Phi) is 34.3. The van der Waals surface area contributed by atoms with E-state index in [1.807, 2.05) is 147 Å². The van der Waals surface area contributed by atoms with Crippen molar-refractivity contribution >= 4 is 28.9 Å². The van der Waals surface area contributed by atoms with E-state index in [0.717, 1.165) is 80.7 Å². The van der Waals surface area contributed by atoms with Gasteiger partial charge in [-0.2, -0.15) is 0 Å². The predicted octanol–water partition coefficient (Wildman–Crippen LogP) is 17.4. The molecule has 0 saturated carbocycles. The molecular weight excluding hydrogens is 1620 g/mol. The molecule has 30 heteroatoms. The Morgan fingerprint density at radius 2 is 0.570 bits per heavy atom. The zero-order valence-electron chi connectivity index (χ0n) is 71.9. The van der Waals surface area contributed by atoms with Gasteiger partial charge in [-0.15, -0.1) is 6.42 Å². The smallest absolute Gasteiger partial charge is 0.187 e. The minimum atomic E-state index is -0.505. The molecule has 0 atom stereocenters. The standard InChI is InChI=1S/C21H16FN3O2.C20H20N4O2.3C19H18N4O2/c1-3-14-5-6-17(24-11-14)9-21(26)20-10-18(8-16(4-2)25-20)27-19-7-15(22)12-23-13-19;1-3-14-6-5-7-16(23-14)9-20(25)19-10-17(8-15(4-2)24-19)26-18-11-21-13-22-12-18;2*1-3-14-6-16(25-17-10-20-12-21-11-17)8-18(23-14)19(24)7-15-5-4-13(2)9-22-15;1-3-14-7-16(25-17-10-20-12-21-11-17)9-18(23-14)19(24)8-15-6-4-5-13(2)22-15/h1,5-8,10-13H,4,9H2,2H3;5-8,10-13H,3-4,9H2,1-2H3;2*4-6,8-12H,3,7H2,1-2H3;4-7,9-12H,3,8H2,1-2H3. The molecule has 0 N–H and O–H groups in total. The highest BCUT2D eigenvalue weighted by Crippen LogP contribution is 2.29. The van der Waals surface area contributed by atoms with Crippen LogP contribution < -0.4 is 23.7 Å². The third-order valence-corrected chi connectivity index (χ3v) is 18.3. The van der Waals surface area contributed by atoms with Crippen LogP contribution in [-0.2, 0) is 70.6 Å². The van der Waals surface area contributed by atoms with Gasteiger partial charge in [0.2, 0.25) is 0 Å². The summed E-state index contributed by atoms with van der Waals surface area (Å²) >= 11 is 0. The van der Waals surface area contributed by atoms with E-state index >= 15 is 0 Å². The van der Waals surface area contributed by atoms with E-state index in [0.29, 0.717) is 124 Å². The summed E-state index contributed by atoms with van der Waals surface area (Å²) in [5.74, 6) is 6.25. The van der Waals surface area contributed by atoms with Crippen molar-refractivity contribution in [1.29, 1.82) is 0 Å². The minimum Gasteiger partial charge on any atom is -0.455 e. The van der Waals surface area contributed by atoms with Gasteiger partial charge in [-0.3, -0.25) is 53.9 Å². The van der Waals surface area contributed by atoms with Crippen molar-refractivity contribution in [2.24, 2.45) is 0 Å². The molecule has 0 bridgehead atoms. The highest BCUT2D eigenvalue weighted by molar-refractivity contribution is 5.98. The number of hydrogen-bond acceptors (Lipinski definition) is 29. The molecule has 15 rings (SSSR count). The van der Waals surface area contributed by atoms with Crippen molar-refractivity contribution in [2.75, 3.05) is 0 Å². The van der Waals surface area contributed by atoms with Crippen molar-refractivity contribution in [3.8, 4) is 69.8 Å². The van der Waals surface area contributed by atoms with Crippen LogP contribution in [0.5, 0.6) is 57.5 Å². The summed E-state index contributed by atoms with van der Waals surface area (Å²) in [7, 11) is 0. The normalized spacial score (nSPS) is 10.4. The molecule has 128 heavy (non-hydrogen) atoms. The monoisotopic (exact) mass is 1710 g/mol. The Bertz CT molecular complexity index is 6140. The third-order valence-electron chi connectivity index (χ3n) is 18.3. The van der Waals surface area contributed by atoms with E-state index in [-0.39, 0.29) is 72.5 Å². The van der Waals surface area contributed by atoms with Gasteiger partial charge in [0.1, 0.15) is 94.1 Å². The molecule has 15 heterocycles. The number of carbonyl (C=O) groups is 5. The van der Waals surface area contributed by atoms with Crippen molar-refractivity contribution in [2.45, 2.75) is 133 Å². The lowest BCUT2D eigenvalue weighted by Gasteiger charge is -2.09. The Balaban J connectivity index is 0.000000155. The summed E-state index contributed by atoms with van der Waals surface area (Å²) < 4.78 is 41.9. The zero-order chi connectivity index (χ0) is 90.5. The number of ketones is 5. The van der Waals surface area contributed by atoms with Crippen molar-refractivity contribution < 1.29 is 52.0 Å². The number of hydrogen-bond donors (Lipinski definition) is 0. The molecule has 0 amide bonds. The van der Waals surface area contributed by atoms with Crippen molar-refractivity contribution in [1.82, 2.24) is 94.7 Å². The fourth-order valence-electron chi connectivity index (χ4n) is 11.8. The summed E-state index contributed by atoms with van der Waals surface area (Å²) in [4.78, 5) is 142. The van der Waals surface area contributed by atoms with E-state index in [4.69, 9.17) is 30.1 Å². The van der Waals surface area contributed by atoms with Crippen molar-refractivity contribution in [3.63, 3.8) is 0 Å². The molecule has 0 radical (unpaired) electrons. The average Bonchev–Trinajstić information content (AvgIpc) is 0.849. The lowest BCUT2D eigenvalue weighted by atomic mass is 10.1. The van der Waals surface area contributed by atoms with Gasteiger partial charge >= 0.3 is 0 Å². The number of carbonyl (C=O) groups excluding carboxylic acids is 5. The van der Waals surface area contributed by atoms with Crippen LogP contribution in [-0.4, -0.2) is 124 Å². The van der Waals surface area contributed by atoms with Gasteiger partial charge in [0.05, 0.1) is 94.1 Å². The molecule has 0 fully saturated rings. The SMILES string of the molecule is C#Cc1ccc(CC(=O)c2cc(Oc3cncc(F)c3)cc(CC)n2)nc1.CCc1cc(Oc2cncnc2)cc(C(=O)Cc2ccc(C)cn2)n1.CCc1cc(Oc2cncnc2)cc(C(=O)Cc2ccc(C)cn2)n1.CCc1cc(Oc2cncnc2)cc(C(=O)Cc2cccc(C)n2)n1.CCc1cccc(CC(=O)c2cc(Oc3cncnc3)cc(CC)n2)n1. The molecule has 0 spiro atoms. The molecule has 0 aliphatic carbocycles. The van der Waals surface area contributed by atoms with Gasteiger partial charge in [-0.05, 0) is 119 Å². The van der Waals surface area contributed by atoms with E-state index in [2.05, 4.69) is 101 Å². The summed E-state index contributed by atoms with van der Waals surface area (Å²) in [5.41, 5.74) is 13.7. The molecular formula is C98H90FN19O10. The van der Waals surface area contributed by atoms with Crippen LogP contribution in [0.15, 0.2) is 245 Å². The quantitative estimate of drug-likeness (QED) is 0.0288. The van der Waals surface area contributed by atoms with Crippen LogP contribution >= 0.6 is 0 Å². The summed E-state index contributed by atoms with van der Waals surface area (Å²) in [6.07, 6.45) is 36.3. The van der Waals surface area contributed by atoms with E-state index in [1.54, 1.807) is 111 Å². The second kappa shape index (κ2) is 47.4. The number of aryl methyl sites for hydroxylation is 9. The number of aromatic nitrogens is 19. The third kappa shape index (κ3) is 29.5. The largest absolute Gasteiger partial charge is 0.455 e. The molecule has 29 nitrogen and oxygen atoms in total. The van der Waals surface area contributed by atoms with Crippen LogP contribution in [0, 0.1) is 38.9 Å². The Morgan fingerprint density at radius 3 is 0.859 bits per heavy atom. The minimum absolute atomic E-state index is 0.0878. The van der Waals surface area contributed by atoms with Crippen LogP contribution in [0.25, 0.3) is 0 Å². The maximum atomic E-state index is 13.3. The Hall–Kier alpha value is -16.2. The first-order valence-electron chi connectivity index (χ1n) is 41.0. The van der Waals surface area contributed by atoms with Gasteiger partial charge in [0, 0.05) is 159 Å². The maximum Gasteiger partial charge on any atom is 0.187 e. The summed E-state index contributed by atoms with van der Waals surface area (Å²) in [6.45, 7) is 17.7. The zero-order valence-corrected chi connectivity index (χ0v) is 71.9. The summed E-state index contributed by atoms with van der Waals surface area (Å²) in [5, 5.41) is 0. The van der Waals surface area contributed by atoms with Crippen molar-refractivity contribution in [3.05, 3.63) is 365 Å². The number of pyridine rings is 11. The number of nitrogens with zero attached hydrogens (tertiary/aromatic N) is 19. The van der Waals surface area contributed by atoms with Gasteiger partial charge in [0.25, 0.3) is 0 Å². The fourth-order valence-corrected chi connectivity index (χ4v) is 11.8. The van der Waals surface area contributed by atoms with Gasteiger partial charge in [-0.25, -0.2) is 69.2 Å². The number of terminal acetylenes is 1. The predicted molar refractivity (Wildman–Crippen MR) is 474 cm³/mol. The van der Waals surface area contributed by atoms with Gasteiger partial charge < -0.3 is 23.7 Å². The Labute approximate surface area is 739 Å². The fraction of sp³-hybridized carbons (Fsp3) is 0.204. The highest BCUT2D eigenvalue weighted by atomic mass is 19.1. The van der Waals surface area contributed by atoms with Crippen LogP contribution in [0.1, 0.15) is 179 Å². The topological polar surface area (TPSA) is 376 Å². The lowest BCUT2D eigenvalue weighted by molar-refractivity contribution is 0.0978. The second-order valence-electron chi connectivity index (χ2n) is 28.4. The van der Waals surface area contributed by atoms with E-state index in [1.165, 1.54) is 43.6 Å². The maximum absolute atomic E-state index is 13.3. The molecule has 15 aromatic heterocycles. The molecule has 0 aliphatic rings. The molecule has 0 aromatic carbocycles. The highest BCUT2D eigenvalue weighted by Gasteiger charge is 2.21. The number of Topliss-reactive ketones (excluding diaryl/α,β-unsaturated/α-hetero) is 5. The number of ether oxygens (including phenoxy) is 5. The molecule has 15 aromatic rings. The first kappa shape index (κ1) is 92.5. The van der Waals surface area contributed by atoms with Gasteiger partial charge in [-0.1, -0.05) is 71.7 Å². The molecule has 644 valence electrons. The molecule has 0 unspecified atom stereocenters.